The number of hydrogen-bond acceptors (Lipinski definition) is 5. The van der Waals surface area contributed by atoms with Gasteiger partial charge in [-0.1, -0.05) is 18.2 Å². The van der Waals surface area contributed by atoms with Gasteiger partial charge in [-0.15, -0.1) is 0 Å². The van der Waals surface area contributed by atoms with E-state index in [4.69, 9.17) is 0 Å². The second-order valence-corrected chi connectivity index (χ2v) is 6.93. The highest BCUT2D eigenvalue weighted by Crippen LogP contribution is 2.22. The summed E-state index contributed by atoms with van der Waals surface area (Å²) in [5, 5.41) is 7.92. The molecule has 0 atom stereocenters. The Morgan fingerprint density at radius 3 is 2.16 bits per heavy atom. The number of fused-ring (bicyclic) bond motifs is 1. The Kier molecular flexibility index (Phi) is 6.76. The van der Waals surface area contributed by atoms with Crippen molar-refractivity contribution in [2.45, 2.75) is 13.3 Å². The van der Waals surface area contributed by atoms with Crippen LogP contribution in [0.4, 0.5) is 5.69 Å². The number of nitrogens with zero attached hydrogens (tertiary/aromatic N) is 1. The third-order valence-electron chi connectivity index (χ3n) is 4.62. The lowest BCUT2D eigenvalue weighted by molar-refractivity contribution is -0.121. The Bertz CT molecular complexity index is 1010. The van der Waals surface area contributed by atoms with Crippen LogP contribution in [-0.2, 0) is 9.59 Å². The number of rotatable bonds is 8. The topological polar surface area (TPSA) is 125 Å². The van der Waals surface area contributed by atoms with Crippen LogP contribution < -0.4 is 16.0 Å². The zero-order chi connectivity index (χ0) is 22.4. The Balaban J connectivity index is 1.39. The highest BCUT2D eigenvalue weighted by molar-refractivity contribution is 6.21. The normalized spacial score (nSPS) is 12.4. The van der Waals surface area contributed by atoms with Crippen molar-refractivity contribution in [1.29, 1.82) is 0 Å². The Morgan fingerprint density at radius 1 is 0.871 bits per heavy atom. The van der Waals surface area contributed by atoms with Gasteiger partial charge in [-0.05, 0) is 30.3 Å². The summed E-state index contributed by atoms with van der Waals surface area (Å²) in [6.45, 7) is 1.75. The lowest BCUT2D eigenvalue weighted by atomic mass is 10.1. The van der Waals surface area contributed by atoms with Gasteiger partial charge in [0.2, 0.25) is 11.8 Å². The van der Waals surface area contributed by atoms with Crippen molar-refractivity contribution >= 4 is 35.2 Å². The van der Waals surface area contributed by atoms with Gasteiger partial charge < -0.3 is 16.0 Å². The number of anilines is 1. The summed E-state index contributed by atoms with van der Waals surface area (Å²) in [5.74, 6) is -1.71. The minimum atomic E-state index is -0.401. The largest absolute Gasteiger partial charge is 0.354 e. The molecule has 0 fully saturated rings. The molecule has 3 N–H and O–H groups in total. The Hall–Kier alpha value is -4.01. The molecule has 5 amide bonds. The van der Waals surface area contributed by atoms with Crippen LogP contribution in [0, 0.1) is 0 Å². The van der Waals surface area contributed by atoms with E-state index in [0.717, 1.165) is 4.90 Å². The highest BCUT2D eigenvalue weighted by Gasteiger charge is 2.34. The van der Waals surface area contributed by atoms with E-state index in [1.54, 1.807) is 48.5 Å². The minimum Gasteiger partial charge on any atom is -0.354 e. The molecule has 0 spiro atoms. The van der Waals surface area contributed by atoms with Crippen LogP contribution in [0.15, 0.2) is 48.5 Å². The first-order chi connectivity index (χ1) is 14.9. The van der Waals surface area contributed by atoms with E-state index in [0.29, 0.717) is 22.4 Å². The average molecular weight is 422 g/mol. The number of nitrogens with one attached hydrogen (secondary N) is 3. The van der Waals surface area contributed by atoms with Crippen LogP contribution in [0.5, 0.6) is 0 Å². The van der Waals surface area contributed by atoms with Crippen molar-refractivity contribution < 1.29 is 24.0 Å². The lowest BCUT2D eigenvalue weighted by Gasteiger charge is -2.13. The van der Waals surface area contributed by atoms with Gasteiger partial charge in [-0.25, -0.2) is 0 Å². The summed E-state index contributed by atoms with van der Waals surface area (Å²) >= 11 is 0. The minimum absolute atomic E-state index is 0.0134. The summed E-state index contributed by atoms with van der Waals surface area (Å²) in [6, 6.07) is 13.0. The maximum atomic E-state index is 12.3. The standard InChI is InChI=1S/C22H22N4O5/c1-14(27)25-16-6-4-5-15(13-16)20(29)24-11-10-23-19(28)9-12-26-21(30)17-7-2-3-8-18(17)22(26)31/h2-8,13H,9-12H2,1H3,(H,23,28)(H,24,29)(H,25,27). The average Bonchev–Trinajstić information content (AvgIpc) is 2.99. The van der Waals surface area contributed by atoms with E-state index < -0.39 is 11.8 Å². The van der Waals surface area contributed by atoms with E-state index in [1.165, 1.54) is 6.92 Å². The quantitative estimate of drug-likeness (QED) is 0.435. The Labute approximate surface area is 178 Å². The maximum absolute atomic E-state index is 12.3. The van der Waals surface area contributed by atoms with E-state index in [1.807, 2.05) is 0 Å². The fourth-order valence-electron chi connectivity index (χ4n) is 3.17. The number of carbonyl (C=O) groups is 5. The molecule has 0 radical (unpaired) electrons. The number of imide groups is 1. The molecule has 0 aliphatic carbocycles. The van der Waals surface area contributed by atoms with Gasteiger partial charge in [-0.2, -0.15) is 0 Å². The summed E-state index contributed by atoms with van der Waals surface area (Å²) in [4.78, 5) is 60.9. The molecular formula is C22H22N4O5. The predicted octanol–water partition coefficient (Wildman–Crippen LogP) is 1.18. The molecule has 3 rings (SSSR count). The molecule has 0 saturated carbocycles. The molecule has 0 saturated heterocycles. The van der Waals surface area contributed by atoms with Gasteiger partial charge in [0.15, 0.2) is 0 Å². The van der Waals surface area contributed by atoms with Crippen molar-refractivity contribution in [2.24, 2.45) is 0 Å². The maximum Gasteiger partial charge on any atom is 0.261 e. The second kappa shape index (κ2) is 9.66. The van der Waals surface area contributed by atoms with Crippen LogP contribution in [0.25, 0.3) is 0 Å². The van der Waals surface area contributed by atoms with Crippen molar-refractivity contribution in [2.75, 3.05) is 25.0 Å². The molecule has 1 aliphatic rings. The van der Waals surface area contributed by atoms with Gasteiger partial charge in [0.05, 0.1) is 11.1 Å². The molecule has 1 heterocycles. The van der Waals surface area contributed by atoms with Gasteiger partial charge in [0.25, 0.3) is 17.7 Å². The van der Waals surface area contributed by atoms with Gasteiger partial charge >= 0.3 is 0 Å². The molecule has 0 aromatic heterocycles. The highest BCUT2D eigenvalue weighted by atomic mass is 16.2. The van der Waals surface area contributed by atoms with Crippen LogP contribution >= 0.6 is 0 Å². The monoisotopic (exact) mass is 422 g/mol. The molecule has 1 aliphatic heterocycles. The first kappa shape index (κ1) is 21.7. The fourth-order valence-corrected chi connectivity index (χ4v) is 3.17. The van der Waals surface area contributed by atoms with Crippen molar-refractivity contribution in [1.82, 2.24) is 15.5 Å². The number of hydrogen-bond donors (Lipinski definition) is 3. The second-order valence-electron chi connectivity index (χ2n) is 6.93. The number of benzene rings is 2. The molecular weight excluding hydrogens is 400 g/mol. The molecule has 2 aromatic carbocycles. The lowest BCUT2D eigenvalue weighted by Crippen LogP contribution is -2.37. The number of amides is 5. The third kappa shape index (κ3) is 5.33. The van der Waals surface area contributed by atoms with Gasteiger partial charge in [-0.3, -0.25) is 28.9 Å². The van der Waals surface area contributed by atoms with Crippen LogP contribution in [-0.4, -0.2) is 54.1 Å². The molecule has 2 aromatic rings. The third-order valence-corrected chi connectivity index (χ3v) is 4.62. The summed E-state index contributed by atoms with van der Waals surface area (Å²) in [6.07, 6.45) is -0.0296. The molecule has 31 heavy (non-hydrogen) atoms. The van der Waals surface area contributed by atoms with Gasteiger partial charge in [0.1, 0.15) is 0 Å². The fraction of sp³-hybridized carbons (Fsp3) is 0.227. The SMILES string of the molecule is CC(=O)Nc1cccc(C(=O)NCCNC(=O)CCN2C(=O)c3ccccc3C2=O)c1. The molecule has 160 valence electrons. The van der Waals surface area contributed by atoms with E-state index >= 15 is 0 Å². The zero-order valence-electron chi connectivity index (χ0n) is 16.9. The van der Waals surface area contributed by atoms with Crippen LogP contribution in [0.2, 0.25) is 0 Å². The first-order valence-corrected chi connectivity index (χ1v) is 9.74. The van der Waals surface area contributed by atoms with Crippen molar-refractivity contribution in [3.8, 4) is 0 Å². The van der Waals surface area contributed by atoms with E-state index in [2.05, 4.69) is 16.0 Å². The summed E-state index contributed by atoms with van der Waals surface area (Å²) in [7, 11) is 0. The van der Waals surface area contributed by atoms with E-state index in [-0.39, 0.29) is 43.8 Å². The molecule has 0 unspecified atom stereocenters. The van der Waals surface area contributed by atoms with Gasteiger partial charge in [0, 0.05) is 44.2 Å². The molecule has 9 nitrogen and oxygen atoms in total. The Morgan fingerprint density at radius 2 is 1.52 bits per heavy atom. The van der Waals surface area contributed by atoms with Crippen molar-refractivity contribution in [3.05, 3.63) is 65.2 Å². The van der Waals surface area contributed by atoms with Crippen LogP contribution in [0.1, 0.15) is 44.4 Å². The number of carbonyl (C=O) groups excluding carboxylic acids is 5. The zero-order valence-corrected chi connectivity index (χ0v) is 16.9. The van der Waals surface area contributed by atoms with E-state index in [9.17, 15) is 24.0 Å². The smallest absolute Gasteiger partial charge is 0.261 e. The van der Waals surface area contributed by atoms with Crippen LogP contribution in [0.3, 0.4) is 0 Å². The predicted molar refractivity (Wildman–Crippen MR) is 113 cm³/mol. The first-order valence-electron chi connectivity index (χ1n) is 9.74. The summed E-state index contributed by atoms with van der Waals surface area (Å²) in [5.41, 5.74) is 1.58. The molecule has 0 bridgehead atoms. The van der Waals surface area contributed by atoms with Crippen molar-refractivity contribution in [3.63, 3.8) is 0 Å². The molecule has 9 heteroatoms. The summed E-state index contributed by atoms with van der Waals surface area (Å²) < 4.78 is 0.